The van der Waals surface area contributed by atoms with Gasteiger partial charge in [0.25, 0.3) is 5.91 Å². The lowest BCUT2D eigenvalue weighted by molar-refractivity contribution is -0.116. The van der Waals surface area contributed by atoms with Crippen LogP contribution in [0, 0.1) is 6.92 Å². The highest BCUT2D eigenvalue weighted by molar-refractivity contribution is 7.18. The van der Waals surface area contributed by atoms with Crippen LogP contribution in [0.5, 0.6) is 5.75 Å². The van der Waals surface area contributed by atoms with Crippen LogP contribution in [0.3, 0.4) is 0 Å². The van der Waals surface area contributed by atoms with Gasteiger partial charge in [-0.15, -0.1) is 11.3 Å². The number of aromatic hydroxyl groups is 1. The molecule has 4 rings (SSSR count). The summed E-state index contributed by atoms with van der Waals surface area (Å²) in [5.41, 5.74) is 3.26. The first-order valence-corrected chi connectivity index (χ1v) is 9.91. The fraction of sp³-hybridized carbons (Fsp3) is 0.143. The zero-order valence-corrected chi connectivity index (χ0v) is 16.5. The predicted octanol–water partition coefficient (Wildman–Crippen LogP) is 5.14. The van der Waals surface area contributed by atoms with E-state index in [9.17, 15) is 14.7 Å². The van der Waals surface area contributed by atoms with Gasteiger partial charge in [-0.3, -0.25) is 9.59 Å². The third-order valence-electron chi connectivity index (χ3n) is 4.77. The lowest BCUT2D eigenvalue weighted by Gasteiger charge is -2.24. The fourth-order valence-electron chi connectivity index (χ4n) is 3.47. The van der Waals surface area contributed by atoms with Crippen molar-refractivity contribution in [3.05, 3.63) is 75.1 Å². The van der Waals surface area contributed by atoms with Crippen LogP contribution in [0.1, 0.15) is 38.7 Å². The number of carbonyl (C=O) groups is 2. The topological polar surface area (TPSA) is 78.4 Å². The van der Waals surface area contributed by atoms with E-state index in [0.717, 1.165) is 16.7 Å². The number of anilines is 2. The van der Waals surface area contributed by atoms with Crippen molar-refractivity contribution in [3.63, 3.8) is 0 Å². The molecule has 3 aromatic rings. The Morgan fingerprint density at radius 1 is 1.25 bits per heavy atom. The number of phenolic OH excluding ortho intramolecular Hbond substituents is 1. The van der Waals surface area contributed by atoms with Gasteiger partial charge in [0.15, 0.2) is 0 Å². The van der Waals surface area contributed by atoms with Gasteiger partial charge in [0.1, 0.15) is 5.75 Å². The molecule has 7 heteroatoms. The quantitative estimate of drug-likeness (QED) is 0.557. The number of halogens is 1. The van der Waals surface area contributed by atoms with Crippen LogP contribution in [-0.4, -0.2) is 16.9 Å². The zero-order chi connectivity index (χ0) is 19.8. The molecular weight excluding hydrogens is 396 g/mol. The minimum absolute atomic E-state index is 0.105. The fourth-order valence-corrected chi connectivity index (χ4v) is 4.77. The summed E-state index contributed by atoms with van der Waals surface area (Å²) in [6.07, 6.45) is 0.270. The van der Waals surface area contributed by atoms with Gasteiger partial charge >= 0.3 is 0 Å². The molecule has 2 amide bonds. The van der Waals surface area contributed by atoms with E-state index in [4.69, 9.17) is 11.6 Å². The molecule has 0 radical (unpaired) electrons. The summed E-state index contributed by atoms with van der Waals surface area (Å²) in [7, 11) is 0. The van der Waals surface area contributed by atoms with Gasteiger partial charge in [0.05, 0.1) is 9.88 Å². The number of fused-ring (bicyclic) bond motifs is 1. The molecule has 0 aliphatic carbocycles. The third kappa shape index (κ3) is 3.48. The van der Waals surface area contributed by atoms with E-state index in [2.05, 4.69) is 10.6 Å². The van der Waals surface area contributed by atoms with E-state index in [1.165, 1.54) is 11.3 Å². The molecule has 0 saturated heterocycles. The van der Waals surface area contributed by atoms with Gasteiger partial charge < -0.3 is 15.7 Å². The summed E-state index contributed by atoms with van der Waals surface area (Å²) < 4.78 is 0. The minimum atomic E-state index is -0.233. The van der Waals surface area contributed by atoms with Gasteiger partial charge in [-0.05, 0) is 60.0 Å². The minimum Gasteiger partial charge on any atom is -0.508 e. The van der Waals surface area contributed by atoms with Crippen molar-refractivity contribution >= 4 is 45.4 Å². The number of benzene rings is 2. The molecule has 2 heterocycles. The number of rotatable bonds is 3. The molecular formula is C21H17ClN2O3S. The van der Waals surface area contributed by atoms with Gasteiger partial charge in [-0.1, -0.05) is 23.7 Å². The van der Waals surface area contributed by atoms with Crippen molar-refractivity contribution in [2.24, 2.45) is 0 Å². The molecule has 3 N–H and O–H groups in total. The summed E-state index contributed by atoms with van der Waals surface area (Å²) in [5.74, 6) is -0.391. The van der Waals surface area contributed by atoms with Gasteiger partial charge in [0.2, 0.25) is 5.91 Å². The third-order valence-corrected chi connectivity index (χ3v) is 6.24. The van der Waals surface area contributed by atoms with E-state index >= 15 is 0 Å². The first-order valence-electron chi connectivity index (χ1n) is 8.71. The number of phenols is 1. The highest BCUT2D eigenvalue weighted by Gasteiger charge is 2.33. The normalized spacial score (nSPS) is 15.6. The zero-order valence-electron chi connectivity index (χ0n) is 15.0. The Kier molecular flexibility index (Phi) is 4.83. The molecule has 1 atom stereocenters. The Morgan fingerprint density at radius 2 is 2.00 bits per heavy atom. The van der Waals surface area contributed by atoms with Crippen molar-refractivity contribution in [1.82, 2.24) is 0 Å². The standard InChI is InChI=1S/C21H17ClN2O3S/c1-11-18-16(12-3-2-4-15(25)9-12)10-17(26)24-21(18)28-19(11)20(27)23-14-7-5-13(22)6-8-14/h2-9,16,25H,10H2,1H3,(H,23,27)(H,24,26)/t16-/m0/s1. The van der Waals surface area contributed by atoms with Crippen LogP contribution in [-0.2, 0) is 4.79 Å². The summed E-state index contributed by atoms with van der Waals surface area (Å²) in [6, 6.07) is 13.8. The maximum Gasteiger partial charge on any atom is 0.266 e. The molecule has 1 aliphatic heterocycles. The maximum atomic E-state index is 12.8. The average molecular weight is 413 g/mol. The van der Waals surface area contributed by atoms with Crippen LogP contribution in [0.4, 0.5) is 10.7 Å². The van der Waals surface area contributed by atoms with Gasteiger partial charge in [-0.2, -0.15) is 0 Å². The maximum absolute atomic E-state index is 12.8. The van der Waals surface area contributed by atoms with Gasteiger partial charge in [0, 0.05) is 23.0 Å². The molecule has 0 bridgehead atoms. The van der Waals surface area contributed by atoms with Crippen LogP contribution in [0.25, 0.3) is 0 Å². The van der Waals surface area contributed by atoms with Crippen LogP contribution < -0.4 is 10.6 Å². The number of thiophene rings is 1. The number of hydrogen-bond donors (Lipinski definition) is 3. The largest absolute Gasteiger partial charge is 0.508 e. The van der Waals surface area contributed by atoms with Gasteiger partial charge in [-0.25, -0.2) is 0 Å². The van der Waals surface area contributed by atoms with E-state index in [1.54, 1.807) is 42.5 Å². The Labute approximate surface area is 171 Å². The highest BCUT2D eigenvalue weighted by Crippen LogP contribution is 2.45. The Morgan fingerprint density at radius 3 is 2.71 bits per heavy atom. The Balaban J connectivity index is 1.70. The van der Waals surface area contributed by atoms with Crippen LogP contribution in [0.2, 0.25) is 5.02 Å². The lowest BCUT2D eigenvalue weighted by atomic mass is 9.85. The second-order valence-electron chi connectivity index (χ2n) is 6.66. The molecule has 1 aliphatic rings. The van der Waals surface area contributed by atoms with E-state index in [-0.39, 0.29) is 29.9 Å². The summed E-state index contributed by atoms with van der Waals surface area (Å²) in [6.45, 7) is 1.89. The number of hydrogen-bond acceptors (Lipinski definition) is 4. The molecule has 0 saturated carbocycles. The Hall–Kier alpha value is -2.83. The number of amides is 2. The summed E-state index contributed by atoms with van der Waals surface area (Å²) in [4.78, 5) is 25.6. The number of carbonyl (C=O) groups excluding carboxylic acids is 2. The Bertz CT molecular complexity index is 1080. The smallest absolute Gasteiger partial charge is 0.266 e. The molecule has 0 fully saturated rings. The molecule has 28 heavy (non-hydrogen) atoms. The van der Waals surface area contributed by atoms with Crippen LogP contribution in [0.15, 0.2) is 48.5 Å². The summed E-state index contributed by atoms with van der Waals surface area (Å²) >= 11 is 7.16. The first kappa shape index (κ1) is 18.5. The second-order valence-corrected chi connectivity index (χ2v) is 8.12. The molecule has 142 valence electrons. The van der Waals surface area contributed by atoms with Crippen molar-refractivity contribution in [2.45, 2.75) is 19.3 Å². The molecule has 5 nitrogen and oxygen atoms in total. The van der Waals surface area contributed by atoms with Crippen molar-refractivity contribution in [2.75, 3.05) is 10.6 Å². The van der Waals surface area contributed by atoms with E-state index in [0.29, 0.717) is 20.6 Å². The lowest BCUT2D eigenvalue weighted by Crippen LogP contribution is -2.22. The SMILES string of the molecule is Cc1c(C(=O)Nc2ccc(Cl)cc2)sc2c1[C@H](c1cccc(O)c1)CC(=O)N2. The molecule has 1 aromatic heterocycles. The average Bonchev–Trinajstić information content (AvgIpc) is 2.99. The molecule has 2 aromatic carbocycles. The van der Waals surface area contributed by atoms with Crippen molar-refractivity contribution in [3.8, 4) is 5.75 Å². The molecule has 0 spiro atoms. The number of nitrogens with one attached hydrogen (secondary N) is 2. The van der Waals surface area contributed by atoms with E-state index in [1.807, 2.05) is 13.0 Å². The monoisotopic (exact) mass is 412 g/mol. The molecule has 0 unspecified atom stereocenters. The second kappa shape index (κ2) is 7.30. The van der Waals surface area contributed by atoms with Crippen molar-refractivity contribution in [1.29, 1.82) is 0 Å². The van der Waals surface area contributed by atoms with Crippen LogP contribution >= 0.6 is 22.9 Å². The highest BCUT2D eigenvalue weighted by atomic mass is 35.5. The van der Waals surface area contributed by atoms with Crippen molar-refractivity contribution < 1.29 is 14.7 Å². The van der Waals surface area contributed by atoms with E-state index < -0.39 is 0 Å². The predicted molar refractivity (Wildman–Crippen MR) is 112 cm³/mol. The summed E-state index contributed by atoms with van der Waals surface area (Å²) in [5, 5.41) is 16.9. The first-order chi connectivity index (χ1) is 13.4.